The Balaban J connectivity index is 1.66. The summed E-state index contributed by atoms with van der Waals surface area (Å²) in [5.74, 6) is 0.686. The standard InChI is InChI=1S/C21H22N4O2S2/c1-13(26)14-7-6-8-15(11-14)22-19(27)17-12-16-18(25-9-4-3-5-10-25)23-21(28-2)24-20(16)29-17/h6-8,11-12H,3-5,9-10H2,1-2H3,(H,22,27). The second-order valence-corrected chi connectivity index (χ2v) is 8.81. The number of fused-ring (bicyclic) bond motifs is 1. The van der Waals surface area contributed by atoms with E-state index in [4.69, 9.17) is 4.98 Å². The van der Waals surface area contributed by atoms with Gasteiger partial charge in [0.15, 0.2) is 10.9 Å². The van der Waals surface area contributed by atoms with Crippen molar-refractivity contribution in [2.45, 2.75) is 31.3 Å². The lowest BCUT2D eigenvalue weighted by Crippen LogP contribution is -2.30. The number of benzene rings is 1. The van der Waals surface area contributed by atoms with Crippen LogP contribution in [0.2, 0.25) is 0 Å². The summed E-state index contributed by atoms with van der Waals surface area (Å²) < 4.78 is 0. The first-order valence-corrected chi connectivity index (χ1v) is 11.6. The van der Waals surface area contributed by atoms with Gasteiger partial charge in [0.1, 0.15) is 10.6 Å². The van der Waals surface area contributed by atoms with Crippen molar-refractivity contribution < 1.29 is 9.59 Å². The Labute approximate surface area is 177 Å². The molecule has 1 aromatic carbocycles. The number of Topliss-reactive ketones (excluding diaryl/α,β-unsaturated/α-hetero) is 1. The Kier molecular flexibility index (Phi) is 5.82. The van der Waals surface area contributed by atoms with Crippen molar-refractivity contribution >= 4 is 56.5 Å². The minimum atomic E-state index is -0.205. The zero-order chi connectivity index (χ0) is 20.4. The minimum Gasteiger partial charge on any atom is -0.356 e. The Hall–Kier alpha value is -2.45. The van der Waals surface area contributed by atoms with Gasteiger partial charge in [-0.25, -0.2) is 9.97 Å². The summed E-state index contributed by atoms with van der Waals surface area (Å²) in [6, 6.07) is 8.86. The Morgan fingerprint density at radius 2 is 1.93 bits per heavy atom. The highest BCUT2D eigenvalue weighted by molar-refractivity contribution is 7.98. The van der Waals surface area contributed by atoms with Crippen LogP contribution in [0.15, 0.2) is 35.5 Å². The lowest BCUT2D eigenvalue weighted by molar-refractivity contribution is 0.101. The van der Waals surface area contributed by atoms with E-state index >= 15 is 0 Å². The molecule has 150 valence electrons. The number of nitrogens with zero attached hydrogens (tertiary/aromatic N) is 3. The fraction of sp³-hybridized carbons (Fsp3) is 0.333. The number of ketones is 1. The maximum Gasteiger partial charge on any atom is 0.265 e. The van der Waals surface area contributed by atoms with E-state index in [1.54, 1.807) is 24.3 Å². The highest BCUT2D eigenvalue weighted by Gasteiger charge is 2.21. The molecule has 0 saturated carbocycles. The normalized spacial score (nSPS) is 14.2. The predicted octanol–water partition coefficient (Wildman–Crippen LogP) is 4.86. The van der Waals surface area contributed by atoms with Crippen LogP contribution in [0.3, 0.4) is 0 Å². The van der Waals surface area contributed by atoms with Crippen molar-refractivity contribution in [1.82, 2.24) is 9.97 Å². The summed E-state index contributed by atoms with van der Waals surface area (Å²) in [6.45, 7) is 3.47. The molecular weight excluding hydrogens is 404 g/mol. The lowest BCUT2D eigenvalue weighted by atomic mass is 10.1. The van der Waals surface area contributed by atoms with E-state index in [1.165, 1.54) is 36.4 Å². The SMILES string of the molecule is CSc1nc(N2CCCCC2)c2cc(C(=O)Nc3cccc(C(C)=O)c3)sc2n1. The molecule has 0 bridgehead atoms. The third kappa shape index (κ3) is 4.28. The van der Waals surface area contributed by atoms with Crippen LogP contribution in [0.25, 0.3) is 10.2 Å². The molecule has 1 saturated heterocycles. The molecular formula is C21H22N4O2S2. The highest BCUT2D eigenvalue weighted by atomic mass is 32.2. The zero-order valence-electron chi connectivity index (χ0n) is 16.4. The number of piperidine rings is 1. The Morgan fingerprint density at radius 1 is 1.14 bits per heavy atom. The third-order valence-electron chi connectivity index (χ3n) is 4.94. The van der Waals surface area contributed by atoms with Gasteiger partial charge >= 0.3 is 0 Å². The van der Waals surface area contributed by atoms with Gasteiger partial charge in [-0.2, -0.15) is 0 Å². The lowest BCUT2D eigenvalue weighted by Gasteiger charge is -2.28. The molecule has 0 aliphatic carbocycles. The van der Waals surface area contributed by atoms with Crippen molar-refractivity contribution in [3.63, 3.8) is 0 Å². The molecule has 3 aromatic rings. The molecule has 2 aromatic heterocycles. The molecule has 3 heterocycles. The maximum atomic E-state index is 12.9. The number of carbonyl (C=O) groups excluding carboxylic acids is 2. The predicted molar refractivity (Wildman–Crippen MR) is 120 cm³/mol. The first kappa shape index (κ1) is 19.8. The average molecular weight is 427 g/mol. The number of amides is 1. The van der Waals surface area contributed by atoms with Gasteiger partial charge in [0.25, 0.3) is 5.91 Å². The number of rotatable bonds is 5. The number of hydrogen-bond donors (Lipinski definition) is 1. The van der Waals surface area contributed by atoms with E-state index in [-0.39, 0.29) is 11.7 Å². The Bertz CT molecular complexity index is 1070. The fourth-order valence-corrected chi connectivity index (χ4v) is 4.79. The number of hydrogen-bond acceptors (Lipinski definition) is 7. The number of anilines is 2. The van der Waals surface area contributed by atoms with Crippen LogP contribution < -0.4 is 10.2 Å². The highest BCUT2D eigenvalue weighted by Crippen LogP contribution is 2.34. The minimum absolute atomic E-state index is 0.0333. The topological polar surface area (TPSA) is 75.2 Å². The molecule has 1 aliphatic rings. The van der Waals surface area contributed by atoms with Crippen molar-refractivity contribution in [2.24, 2.45) is 0 Å². The van der Waals surface area contributed by atoms with Gasteiger partial charge in [0, 0.05) is 24.3 Å². The molecule has 1 N–H and O–H groups in total. The number of thioether (sulfide) groups is 1. The second-order valence-electron chi connectivity index (χ2n) is 7.00. The molecule has 0 spiro atoms. The first-order valence-electron chi connectivity index (χ1n) is 9.58. The smallest absolute Gasteiger partial charge is 0.265 e. The maximum absolute atomic E-state index is 12.9. The largest absolute Gasteiger partial charge is 0.356 e. The summed E-state index contributed by atoms with van der Waals surface area (Å²) in [4.78, 5) is 37.5. The molecule has 4 rings (SSSR count). The van der Waals surface area contributed by atoms with Crippen LogP contribution in [-0.2, 0) is 0 Å². The summed E-state index contributed by atoms with van der Waals surface area (Å²) in [7, 11) is 0. The monoisotopic (exact) mass is 426 g/mol. The van der Waals surface area contributed by atoms with Crippen LogP contribution in [0, 0.1) is 0 Å². The van der Waals surface area contributed by atoms with Crippen LogP contribution in [0.1, 0.15) is 46.2 Å². The van der Waals surface area contributed by atoms with Crippen LogP contribution >= 0.6 is 23.1 Å². The van der Waals surface area contributed by atoms with Gasteiger partial charge in [0.2, 0.25) is 0 Å². The number of aromatic nitrogens is 2. The van der Waals surface area contributed by atoms with Crippen LogP contribution in [0.4, 0.5) is 11.5 Å². The molecule has 8 heteroatoms. The van der Waals surface area contributed by atoms with Crippen LogP contribution in [-0.4, -0.2) is 41.0 Å². The van der Waals surface area contributed by atoms with Crippen molar-refractivity contribution in [3.05, 3.63) is 40.8 Å². The fourth-order valence-electron chi connectivity index (χ4n) is 3.45. The van der Waals surface area contributed by atoms with Crippen molar-refractivity contribution in [1.29, 1.82) is 0 Å². The molecule has 1 amide bonds. The van der Waals surface area contributed by atoms with E-state index in [0.717, 1.165) is 47.1 Å². The molecule has 1 aliphatic heterocycles. The van der Waals surface area contributed by atoms with E-state index in [2.05, 4.69) is 15.2 Å². The molecule has 29 heavy (non-hydrogen) atoms. The number of carbonyl (C=O) groups is 2. The van der Waals surface area contributed by atoms with Crippen LogP contribution in [0.5, 0.6) is 0 Å². The first-order chi connectivity index (χ1) is 14.0. The quantitative estimate of drug-likeness (QED) is 0.357. The molecule has 0 atom stereocenters. The van der Waals surface area contributed by atoms with Crippen molar-refractivity contribution in [2.75, 3.05) is 29.6 Å². The van der Waals surface area contributed by atoms with E-state index < -0.39 is 0 Å². The summed E-state index contributed by atoms with van der Waals surface area (Å²) in [6.07, 6.45) is 5.52. The molecule has 1 fully saturated rings. The average Bonchev–Trinajstić information content (AvgIpc) is 3.18. The number of nitrogens with one attached hydrogen (secondary N) is 1. The Morgan fingerprint density at radius 3 is 2.66 bits per heavy atom. The van der Waals surface area contributed by atoms with Gasteiger partial charge in [0.05, 0.1) is 10.3 Å². The van der Waals surface area contributed by atoms with E-state index in [0.29, 0.717) is 16.1 Å². The van der Waals surface area contributed by atoms with E-state index in [9.17, 15) is 9.59 Å². The summed E-state index contributed by atoms with van der Waals surface area (Å²) in [5.41, 5.74) is 1.18. The van der Waals surface area contributed by atoms with Gasteiger partial charge in [-0.1, -0.05) is 23.9 Å². The summed E-state index contributed by atoms with van der Waals surface area (Å²) in [5, 5.41) is 4.55. The van der Waals surface area contributed by atoms with Gasteiger partial charge < -0.3 is 10.2 Å². The van der Waals surface area contributed by atoms with E-state index in [1.807, 2.05) is 12.3 Å². The van der Waals surface area contributed by atoms with Gasteiger partial charge in [-0.15, -0.1) is 11.3 Å². The molecule has 6 nitrogen and oxygen atoms in total. The van der Waals surface area contributed by atoms with Crippen molar-refractivity contribution in [3.8, 4) is 0 Å². The van der Waals surface area contributed by atoms with Gasteiger partial charge in [-0.3, -0.25) is 9.59 Å². The second kappa shape index (κ2) is 8.51. The zero-order valence-corrected chi connectivity index (χ0v) is 18.0. The molecule has 0 unspecified atom stereocenters. The third-order valence-corrected chi connectivity index (χ3v) is 6.52. The molecule has 0 radical (unpaired) electrons. The summed E-state index contributed by atoms with van der Waals surface area (Å²) >= 11 is 2.88. The number of thiophene rings is 1. The van der Waals surface area contributed by atoms with Gasteiger partial charge in [-0.05, 0) is 50.6 Å².